The van der Waals surface area contributed by atoms with Gasteiger partial charge in [0.2, 0.25) is 5.76 Å². The molecule has 3 rings (SSSR count). The van der Waals surface area contributed by atoms with Gasteiger partial charge in [-0.25, -0.2) is 9.18 Å². The van der Waals surface area contributed by atoms with Crippen LogP contribution >= 0.6 is 0 Å². The van der Waals surface area contributed by atoms with Crippen LogP contribution in [0.25, 0.3) is 11.0 Å². The fourth-order valence-corrected chi connectivity index (χ4v) is 2.98. The Kier molecular flexibility index (Phi) is 6.25. The van der Waals surface area contributed by atoms with Crippen molar-refractivity contribution in [1.82, 2.24) is 5.32 Å². The molecule has 30 heavy (non-hydrogen) atoms. The Morgan fingerprint density at radius 3 is 2.53 bits per heavy atom. The summed E-state index contributed by atoms with van der Waals surface area (Å²) < 4.78 is 34.5. The Morgan fingerprint density at radius 2 is 1.83 bits per heavy atom. The van der Waals surface area contributed by atoms with E-state index in [-0.39, 0.29) is 12.3 Å². The number of aryl methyl sites for hydroxylation is 1. The van der Waals surface area contributed by atoms with Gasteiger partial charge in [-0.2, -0.15) is 0 Å². The maximum atomic E-state index is 13.4. The first-order valence-electron chi connectivity index (χ1n) is 9.22. The number of ether oxygens (including phenoxy) is 3. The predicted octanol–water partition coefficient (Wildman–Crippen LogP) is 3.76. The highest BCUT2D eigenvalue weighted by Gasteiger charge is 2.24. The van der Waals surface area contributed by atoms with Gasteiger partial charge in [0.15, 0.2) is 17.6 Å². The highest BCUT2D eigenvalue weighted by molar-refractivity contribution is 5.97. The van der Waals surface area contributed by atoms with E-state index in [1.54, 1.807) is 25.1 Å². The Hall–Kier alpha value is -3.55. The van der Waals surface area contributed by atoms with Crippen molar-refractivity contribution in [3.05, 3.63) is 59.1 Å². The molecule has 0 aliphatic rings. The monoisotopic (exact) mass is 415 g/mol. The quantitative estimate of drug-likeness (QED) is 0.592. The number of furan rings is 1. The number of fused-ring (bicyclic) bond motifs is 1. The number of hydrogen-bond donors (Lipinski definition) is 1. The van der Waals surface area contributed by atoms with Crippen LogP contribution < -0.4 is 14.8 Å². The van der Waals surface area contributed by atoms with E-state index in [9.17, 15) is 14.0 Å². The zero-order chi connectivity index (χ0) is 21.8. The number of carbonyl (C=O) groups excluding carboxylic acids is 2. The zero-order valence-electron chi connectivity index (χ0n) is 17.1. The Morgan fingerprint density at radius 1 is 1.10 bits per heavy atom. The van der Waals surface area contributed by atoms with Gasteiger partial charge in [0, 0.05) is 17.5 Å². The summed E-state index contributed by atoms with van der Waals surface area (Å²) in [5.41, 5.74) is 1.61. The molecule has 0 saturated heterocycles. The van der Waals surface area contributed by atoms with Crippen molar-refractivity contribution >= 4 is 22.8 Å². The molecular formula is C22H22FNO6. The Labute approximate surface area is 172 Å². The molecule has 0 bridgehead atoms. The largest absolute Gasteiger partial charge is 0.493 e. The molecule has 0 aliphatic carbocycles. The third kappa shape index (κ3) is 4.37. The van der Waals surface area contributed by atoms with Crippen molar-refractivity contribution < 1.29 is 32.6 Å². The Balaban J connectivity index is 1.63. The SMILES string of the molecule is COc1ccc(CNC(=O)[C@H](C)OC(=O)c2oc3ccc(F)cc3c2C)cc1OC. The number of carbonyl (C=O) groups is 2. The highest BCUT2D eigenvalue weighted by Crippen LogP contribution is 2.28. The topological polar surface area (TPSA) is 87.0 Å². The standard InChI is InChI=1S/C22H22FNO6/c1-12-16-10-15(23)6-8-17(16)30-20(12)22(26)29-13(2)21(25)24-11-14-5-7-18(27-3)19(9-14)28-4/h5-10,13H,11H2,1-4H3,(H,24,25)/t13-/m0/s1. The number of rotatable bonds is 7. The normalized spacial score (nSPS) is 11.8. The summed E-state index contributed by atoms with van der Waals surface area (Å²) >= 11 is 0. The van der Waals surface area contributed by atoms with Gasteiger partial charge < -0.3 is 23.9 Å². The van der Waals surface area contributed by atoms with E-state index in [0.717, 1.165) is 5.56 Å². The zero-order valence-corrected chi connectivity index (χ0v) is 17.1. The number of nitrogens with one attached hydrogen (secondary N) is 1. The first-order chi connectivity index (χ1) is 14.3. The Bertz CT molecular complexity index is 1090. The molecule has 1 amide bonds. The number of amides is 1. The van der Waals surface area contributed by atoms with Gasteiger partial charge >= 0.3 is 5.97 Å². The minimum atomic E-state index is -1.05. The predicted molar refractivity (Wildman–Crippen MR) is 107 cm³/mol. The molecule has 1 heterocycles. The third-order valence-electron chi connectivity index (χ3n) is 4.65. The molecule has 1 atom stereocenters. The van der Waals surface area contributed by atoms with Crippen LogP contribution in [0.4, 0.5) is 4.39 Å². The number of esters is 1. The number of methoxy groups -OCH3 is 2. The fraction of sp³-hybridized carbons (Fsp3) is 0.273. The van der Waals surface area contributed by atoms with Gasteiger partial charge in [-0.1, -0.05) is 6.07 Å². The minimum absolute atomic E-state index is 0.0601. The third-order valence-corrected chi connectivity index (χ3v) is 4.65. The van der Waals surface area contributed by atoms with Crippen molar-refractivity contribution in [2.75, 3.05) is 14.2 Å². The van der Waals surface area contributed by atoms with Crippen LogP contribution in [0.15, 0.2) is 40.8 Å². The number of halogens is 1. The summed E-state index contributed by atoms with van der Waals surface area (Å²) in [5.74, 6) is -0.642. The molecule has 0 unspecified atom stereocenters. The number of hydrogen-bond acceptors (Lipinski definition) is 6. The molecule has 2 aromatic carbocycles. The van der Waals surface area contributed by atoms with E-state index in [4.69, 9.17) is 18.6 Å². The average Bonchev–Trinajstić information content (AvgIpc) is 3.07. The van der Waals surface area contributed by atoms with Gasteiger partial charge in [0.05, 0.1) is 14.2 Å². The van der Waals surface area contributed by atoms with Crippen molar-refractivity contribution in [2.24, 2.45) is 0 Å². The maximum Gasteiger partial charge on any atom is 0.375 e. The van der Waals surface area contributed by atoms with Crippen LogP contribution in [0.5, 0.6) is 11.5 Å². The highest BCUT2D eigenvalue weighted by atomic mass is 19.1. The van der Waals surface area contributed by atoms with Crippen LogP contribution in [0.3, 0.4) is 0 Å². The molecule has 3 aromatic rings. The van der Waals surface area contributed by atoms with E-state index in [1.807, 2.05) is 0 Å². The van der Waals surface area contributed by atoms with E-state index >= 15 is 0 Å². The smallest absolute Gasteiger partial charge is 0.375 e. The molecule has 0 fully saturated rings. The minimum Gasteiger partial charge on any atom is -0.493 e. The molecule has 0 radical (unpaired) electrons. The van der Waals surface area contributed by atoms with Gasteiger partial charge in [-0.05, 0) is 49.7 Å². The van der Waals surface area contributed by atoms with Crippen molar-refractivity contribution in [3.8, 4) is 11.5 Å². The lowest BCUT2D eigenvalue weighted by atomic mass is 10.1. The molecule has 0 saturated carbocycles. The van der Waals surface area contributed by atoms with Crippen LogP contribution in [-0.2, 0) is 16.1 Å². The van der Waals surface area contributed by atoms with E-state index in [1.165, 1.54) is 39.3 Å². The second kappa shape index (κ2) is 8.86. The lowest BCUT2D eigenvalue weighted by Crippen LogP contribution is -2.35. The van der Waals surface area contributed by atoms with Crippen molar-refractivity contribution in [1.29, 1.82) is 0 Å². The van der Waals surface area contributed by atoms with Crippen LogP contribution in [0.1, 0.15) is 28.6 Å². The van der Waals surface area contributed by atoms with Crippen molar-refractivity contribution in [3.63, 3.8) is 0 Å². The number of benzene rings is 2. The lowest BCUT2D eigenvalue weighted by molar-refractivity contribution is -0.129. The van der Waals surface area contributed by atoms with E-state index < -0.39 is 23.8 Å². The van der Waals surface area contributed by atoms with Crippen LogP contribution in [0, 0.1) is 12.7 Å². The van der Waals surface area contributed by atoms with Crippen molar-refractivity contribution in [2.45, 2.75) is 26.5 Å². The van der Waals surface area contributed by atoms with E-state index in [0.29, 0.717) is 28.0 Å². The molecule has 1 N–H and O–H groups in total. The summed E-state index contributed by atoms with van der Waals surface area (Å²) in [7, 11) is 3.06. The summed E-state index contributed by atoms with van der Waals surface area (Å²) in [6, 6.07) is 9.22. The molecule has 1 aromatic heterocycles. The van der Waals surface area contributed by atoms with Gasteiger partial charge in [-0.3, -0.25) is 4.79 Å². The molecule has 0 aliphatic heterocycles. The van der Waals surface area contributed by atoms with E-state index in [2.05, 4.69) is 5.32 Å². The lowest BCUT2D eigenvalue weighted by Gasteiger charge is -2.14. The summed E-state index contributed by atoms with van der Waals surface area (Å²) in [6.07, 6.45) is -1.05. The summed E-state index contributed by atoms with van der Waals surface area (Å²) in [6.45, 7) is 3.30. The summed E-state index contributed by atoms with van der Waals surface area (Å²) in [4.78, 5) is 24.8. The molecule has 0 spiro atoms. The molecule has 8 heteroatoms. The first kappa shape index (κ1) is 21.2. The molecule has 158 valence electrons. The molecular weight excluding hydrogens is 393 g/mol. The van der Waals surface area contributed by atoms with Gasteiger partial charge in [-0.15, -0.1) is 0 Å². The summed E-state index contributed by atoms with van der Waals surface area (Å²) in [5, 5.41) is 3.18. The average molecular weight is 415 g/mol. The second-order valence-corrected chi connectivity index (χ2v) is 6.65. The van der Waals surface area contributed by atoms with Gasteiger partial charge in [0.25, 0.3) is 5.91 Å². The van der Waals surface area contributed by atoms with Crippen LogP contribution in [-0.4, -0.2) is 32.2 Å². The van der Waals surface area contributed by atoms with Crippen LogP contribution in [0.2, 0.25) is 0 Å². The first-order valence-corrected chi connectivity index (χ1v) is 9.22. The van der Waals surface area contributed by atoms with Gasteiger partial charge in [0.1, 0.15) is 11.4 Å². The fourth-order valence-electron chi connectivity index (χ4n) is 2.98. The second-order valence-electron chi connectivity index (χ2n) is 6.65. The maximum absolute atomic E-state index is 13.4. The molecule has 7 nitrogen and oxygen atoms in total.